The SMILES string of the molecule is CCOCc1cc(N)c(F)cc1Br. The quantitative estimate of drug-likeness (QED) is 0.834. The van der Waals surface area contributed by atoms with Gasteiger partial charge in [-0.3, -0.25) is 0 Å². The van der Waals surface area contributed by atoms with E-state index in [1.54, 1.807) is 6.07 Å². The molecule has 0 spiro atoms. The number of halogens is 2. The molecule has 0 aliphatic carbocycles. The highest BCUT2D eigenvalue weighted by atomic mass is 79.9. The summed E-state index contributed by atoms with van der Waals surface area (Å²) < 4.78 is 18.8. The van der Waals surface area contributed by atoms with E-state index in [1.807, 2.05) is 6.92 Å². The van der Waals surface area contributed by atoms with Gasteiger partial charge < -0.3 is 10.5 Å². The summed E-state index contributed by atoms with van der Waals surface area (Å²) in [4.78, 5) is 0. The van der Waals surface area contributed by atoms with Crippen LogP contribution in [0.1, 0.15) is 12.5 Å². The first kappa shape index (κ1) is 10.5. The number of nitrogens with two attached hydrogens (primary N) is 1. The lowest BCUT2D eigenvalue weighted by Crippen LogP contribution is -1.97. The third kappa shape index (κ3) is 2.67. The molecule has 0 amide bonds. The molecule has 0 atom stereocenters. The molecule has 1 aromatic rings. The molecule has 0 saturated heterocycles. The predicted molar refractivity (Wildman–Crippen MR) is 53.8 cm³/mol. The van der Waals surface area contributed by atoms with Crippen molar-refractivity contribution in [2.75, 3.05) is 12.3 Å². The van der Waals surface area contributed by atoms with Crippen molar-refractivity contribution < 1.29 is 9.13 Å². The van der Waals surface area contributed by atoms with Gasteiger partial charge in [0.25, 0.3) is 0 Å². The molecule has 2 nitrogen and oxygen atoms in total. The fourth-order valence-corrected chi connectivity index (χ4v) is 1.37. The predicted octanol–water partition coefficient (Wildman–Crippen LogP) is 2.71. The Morgan fingerprint density at radius 1 is 1.54 bits per heavy atom. The Kier molecular flexibility index (Phi) is 3.69. The maximum absolute atomic E-state index is 12.9. The van der Waals surface area contributed by atoms with Gasteiger partial charge in [-0.2, -0.15) is 0 Å². The van der Waals surface area contributed by atoms with Crippen molar-refractivity contribution in [1.29, 1.82) is 0 Å². The van der Waals surface area contributed by atoms with E-state index in [-0.39, 0.29) is 5.69 Å². The summed E-state index contributed by atoms with van der Waals surface area (Å²) >= 11 is 3.24. The van der Waals surface area contributed by atoms with Crippen molar-refractivity contribution in [1.82, 2.24) is 0 Å². The Morgan fingerprint density at radius 2 is 2.23 bits per heavy atom. The normalized spacial score (nSPS) is 10.4. The molecule has 0 radical (unpaired) electrons. The van der Waals surface area contributed by atoms with Gasteiger partial charge in [0, 0.05) is 11.1 Å². The van der Waals surface area contributed by atoms with Crippen LogP contribution in [0.5, 0.6) is 0 Å². The number of hydrogen-bond acceptors (Lipinski definition) is 2. The molecular weight excluding hydrogens is 237 g/mol. The van der Waals surface area contributed by atoms with Crippen LogP contribution >= 0.6 is 15.9 Å². The molecular formula is C9H11BrFNO. The Morgan fingerprint density at radius 3 is 2.85 bits per heavy atom. The minimum Gasteiger partial charge on any atom is -0.396 e. The van der Waals surface area contributed by atoms with Crippen molar-refractivity contribution >= 4 is 21.6 Å². The lowest BCUT2D eigenvalue weighted by molar-refractivity contribution is 0.133. The smallest absolute Gasteiger partial charge is 0.147 e. The third-order valence-corrected chi connectivity index (χ3v) is 2.37. The topological polar surface area (TPSA) is 35.2 Å². The molecule has 1 rings (SSSR count). The van der Waals surface area contributed by atoms with Crippen LogP contribution in [0.2, 0.25) is 0 Å². The van der Waals surface area contributed by atoms with Crippen LogP contribution in [-0.4, -0.2) is 6.61 Å². The van der Waals surface area contributed by atoms with E-state index in [0.29, 0.717) is 17.7 Å². The summed E-state index contributed by atoms with van der Waals surface area (Å²) in [7, 11) is 0. The van der Waals surface area contributed by atoms with E-state index in [9.17, 15) is 4.39 Å². The second kappa shape index (κ2) is 4.58. The zero-order valence-corrected chi connectivity index (χ0v) is 8.90. The van der Waals surface area contributed by atoms with Gasteiger partial charge in [0.15, 0.2) is 0 Å². The molecule has 72 valence electrons. The Hall–Kier alpha value is -0.610. The van der Waals surface area contributed by atoms with Crippen LogP contribution in [0.25, 0.3) is 0 Å². The van der Waals surface area contributed by atoms with Gasteiger partial charge in [-0.15, -0.1) is 0 Å². The molecule has 0 unspecified atom stereocenters. The Balaban J connectivity index is 2.88. The first-order valence-electron chi connectivity index (χ1n) is 3.96. The van der Waals surface area contributed by atoms with Crippen molar-refractivity contribution in [2.45, 2.75) is 13.5 Å². The van der Waals surface area contributed by atoms with Gasteiger partial charge >= 0.3 is 0 Å². The van der Waals surface area contributed by atoms with E-state index < -0.39 is 5.82 Å². The van der Waals surface area contributed by atoms with Crippen molar-refractivity contribution in [3.8, 4) is 0 Å². The molecule has 0 bridgehead atoms. The molecule has 0 aliphatic heterocycles. The molecule has 1 aromatic carbocycles. The molecule has 0 aromatic heterocycles. The number of nitrogen functional groups attached to an aromatic ring is 1. The van der Waals surface area contributed by atoms with Gasteiger partial charge in [0.1, 0.15) is 5.82 Å². The first-order chi connectivity index (χ1) is 6.15. The standard InChI is InChI=1S/C9H11BrFNO/c1-2-13-5-6-3-9(12)8(11)4-7(6)10/h3-4H,2,5,12H2,1H3. The van der Waals surface area contributed by atoms with Crippen molar-refractivity contribution in [2.24, 2.45) is 0 Å². The zero-order valence-electron chi connectivity index (χ0n) is 7.31. The van der Waals surface area contributed by atoms with Crippen molar-refractivity contribution in [3.63, 3.8) is 0 Å². The highest BCUT2D eigenvalue weighted by Gasteiger charge is 2.05. The highest BCUT2D eigenvalue weighted by Crippen LogP contribution is 2.23. The van der Waals surface area contributed by atoms with Crippen LogP contribution in [0.3, 0.4) is 0 Å². The number of rotatable bonds is 3. The second-order valence-electron chi connectivity index (χ2n) is 2.60. The highest BCUT2D eigenvalue weighted by molar-refractivity contribution is 9.10. The minimum atomic E-state index is -0.410. The summed E-state index contributed by atoms with van der Waals surface area (Å²) in [5.74, 6) is -0.410. The fraction of sp³-hybridized carbons (Fsp3) is 0.333. The molecule has 13 heavy (non-hydrogen) atoms. The van der Waals surface area contributed by atoms with Gasteiger partial charge in [-0.1, -0.05) is 15.9 Å². The van der Waals surface area contributed by atoms with Crippen LogP contribution < -0.4 is 5.73 Å². The fourth-order valence-electron chi connectivity index (χ4n) is 0.936. The summed E-state index contributed by atoms with van der Waals surface area (Å²) in [6.45, 7) is 2.98. The molecule has 2 N–H and O–H groups in total. The van der Waals surface area contributed by atoms with Crippen LogP contribution in [0.4, 0.5) is 10.1 Å². The average molecular weight is 248 g/mol. The van der Waals surface area contributed by atoms with Crippen molar-refractivity contribution in [3.05, 3.63) is 28.0 Å². The van der Waals surface area contributed by atoms with Gasteiger partial charge in [0.05, 0.1) is 12.3 Å². The van der Waals surface area contributed by atoms with E-state index >= 15 is 0 Å². The van der Waals surface area contributed by atoms with Gasteiger partial charge in [-0.05, 0) is 24.6 Å². The second-order valence-corrected chi connectivity index (χ2v) is 3.46. The number of anilines is 1. The molecule has 0 aliphatic rings. The third-order valence-electron chi connectivity index (χ3n) is 1.63. The van der Waals surface area contributed by atoms with E-state index in [2.05, 4.69) is 15.9 Å². The minimum absolute atomic E-state index is 0.151. The zero-order chi connectivity index (χ0) is 9.84. The maximum atomic E-state index is 12.9. The number of ether oxygens (including phenoxy) is 1. The van der Waals surface area contributed by atoms with Crippen LogP contribution in [0.15, 0.2) is 16.6 Å². The Bertz CT molecular complexity index is 304. The monoisotopic (exact) mass is 247 g/mol. The van der Waals surface area contributed by atoms with Gasteiger partial charge in [-0.25, -0.2) is 4.39 Å². The van der Waals surface area contributed by atoms with E-state index in [1.165, 1.54) is 6.07 Å². The van der Waals surface area contributed by atoms with E-state index in [4.69, 9.17) is 10.5 Å². The molecule has 0 fully saturated rings. The lowest BCUT2D eigenvalue weighted by atomic mass is 10.2. The van der Waals surface area contributed by atoms with E-state index in [0.717, 1.165) is 5.56 Å². The molecule has 0 heterocycles. The lowest BCUT2D eigenvalue weighted by Gasteiger charge is -2.06. The number of benzene rings is 1. The number of hydrogen-bond donors (Lipinski definition) is 1. The van der Waals surface area contributed by atoms with Crippen LogP contribution in [0, 0.1) is 5.82 Å². The average Bonchev–Trinajstić information content (AvgIpc) is 2.09. The van der Waals surface area contributed by atoms with Crippen LogP contribution in [-0.2, 0) is 11.3 Å². The largest absolute Gasteiger partial charge is 0.396 e. The van der Waals surface area contributed by atoms with Gasteiger partial charge in [0.2, 0.25) is 0 Å². The molecule has 0 saturated carbocycles. The summed E-state index contributed by atoms with van der Waals surface area (Å²) in [5, 5.41) is 0. The summed E-state index contributed by atoms with van der Waals surface area (Å²) in [6, 6.07) is 2.93. The summed E-state index contributed by atoms with van der Waals surface area (Å²) in [6.07, 6.45) is 0. The summed E-state index contributed by atoms with van der Waals surface area (Å²) in [5.41, 5.74) is 6.42. The maximum Gasteiger partial charge on any atom is 0.147 e. The molecule has 4 heteroatoms. The Labute approximate surface area is 85.0 Å². The first-order valence-corrected chi connectivity index (χ1v) is 4.75.